The van der Waals surface area contributed by atoms with Crippen LogP contribution in [0.2, 0.25) is 0 Å². The molecule has 8 bridgehead atoms. The Morgan fingerprint density at radius 1 is 0.350 bits per heavy atom. The van der Waals surface area contributed by atoms with Gasteiger partial charge in [0.2, 0.25) is 0 Å². The molecular weight excluding hydrogens is 729 g/mol. The van der Waals surface area contributed by atoms with Crippen molar-refractivity contribution < 1.29 is 0 Å². The first-order chi connectivity index (χ1) is 27.6. The third-order valence-electron chi connectivity index (χ3n) is 13.7. The fourth-order valence-corrected chi connectivity index (χ4v) is 8.64. The maximum atomic E-state index is 5.91. The fraction of sp³-hybridized carbons (Fsp3) is 0.429. The second kappa shape index (κ2) is 14.3. The van der Waals surface area contributed by atoms with E-state index in [1.165, 1.54) is 72.4 Å². The highest BCUT2D eigenvalue weighted by atomic mass is 14.8. The van der Waals surface area contributed by atoms with E-state index in [1.54, 1.807) is 0 Å². The van der Waals surface area contributed by atoms with E-state index in [-0.39, 0.29) is 21.7 Å². The van der Waals surface area contributed by atoms with Gasteiger partial charge in [0.1, 0.15) is 0 Å². The molecule has 7 rings (SSSR count). The number of aromatic nitrogens is 4. The number of hydrogen-bond donors (Lipinski definition) is 2. The number of nitrogens with zero attached hydrogens (tertiary/aromatic N) is 2. The molecule has 0 amide bonds. The summed E-state index contributed by atoms with van der Waals surface area (Å²) in [5.41, 5.74) is 27.7. The lowest BCUT2D eigenvalue weighted by Crippen LogP contribution is -2.16. The van der Waals surface area contributed by atoms with E-state index in [2.05, 4.69) is 197 Å². The van der Waals surface area contributed by atoms with Gasteiger partial charge in [0, 0.05) is 27.7 Å². The molecule has 5 aromatic rings. The van der Waals surface area contributed by atoms with Gasteiger partial charge in [0.15, 0.2) is 0 Å². The molecule has 5 heterocycles. The molecule has 2 N–H and O–H groups in total. The average Bonchev–Trinajstić information content (AvgIpc) is 3.78. The van der Waals surface area contributed by atoms with Gasteiger partial charge in [-0.1, -0.05) is 119 Å². The minimum Gasteiger partial charge on any atom is -0.355 e. The smallest absolute Gasteiger partial charge is 0.0770 e. The predicted molar refractivity (Wildman–Crippen MR) is 262 cm³/mol. The molecule has 2 aromatic carbocycles. The van der Waals surface area contributed by atoms with Gasteiger partial charge in [0.05, 0.1) is 28.3 Å². The molecule has 60 heavy (non-hydrogen) atoms. The lowest BCUT2D eigenvalue weighted by atomic mass is 9.78. The van der Waals surface area contributed by atoms with Crippen molar-refractivity contribution in [2.75, 3.05) is 0 Å². The van der Waals surface area contributed by atoms with Gasteiger partial charge in [-0.05, 0) is 167 Å². The maximum absolute atomic E-state index is 5.91. The normalized spacial score (nSPS) is 14.2. The van der Waals surface area contributed by atoms with E-state index in [4.69, 9.17) is 9.97 Å². The summed E-state index contributed by atoms with van der Waals surface area (Å²) in [6.45, 7) is 45.8. The minimum absolute atomic E-state index is 0.0534. The Hall–Kier alpha value is -4.96. The van der Waals surface area contributed by atoms with E-state index < -0.39 is 0 Å². The van der Waals surface area contributed by atoms with Gasteiger partial charge in [0.25, 0.3) is 0 Å². The summed E-state index contributed by atoms with van der Waals surface area (Å²) < 4.78 is 0. The Labute approximate surface area is 361 Å². The predicted octanol–water partition coefficient (Wildman–Crippen LogP) is 16.0. The monoisotopic (exact) mass is 799 g/mol. The molecule has 2 aliphatic heterocycles. The SMILES string of the molecule is CC1=C(C)c2nc1cc1[nH]c(cc3[nH]c(c(C)c3C)c(-c3cc(C(C)(C)C)cc(C(C)(C)C)c3)c3nc(c2-c2cc(C(C)(C)C)cc(C(C)(C)C)c2)C(C)=C3C)c(C)c1C. The van der Waals surface area contributed by atoms with Gasteiger partial charge in [-0.2, -0.15) is 0 Å². The molecule has 4 heteroatoms. The van der Waals surface area contributed by atoms with E-state index in [1.807, 2.05) is 0 Å². The second-order valence-electron chi connectivity index (χ2n) is 22.2. The number of allylic oxidation sites excluding steroid dienone is 4. The van der Waals surface area contributed by atoms with Crippen LogP contribution in [0.15, 0.2) is 48.5 Å². The number of aromatic amines is 2. The van der Waals surface area contributed by atoms with Crippen molar-refractivity contribution in [3.05, 3.63) is 116 Å². The molecule has 314 valence electrons. The van der Waals surface area contributed by atoms with Crippen molar-refractivity contribution in [1.82, 2.24) is 19.9 Å². The fourth-order valence-electron chi connectivity index (χ4n) is 8.64. The number of rotatable bonds is 2. The van der Waals surface area contributed by atoms with Gasteiger partial charge in [-0.25, -0.2) is 9.97 Å². The highest BCUT2D eigenvalue weighted by molar-refractivity contribution is 6.05. The first-order valence-corrected chi connectivity index (χ1v) is 22.0. The van der Waals surface area contributed by atoms with Crippen molar-refractivity contribution in [3.8, 4) is 22.3 Å². The number of nitrogens with one attached hydrogen (secondary N) is 2. The standard InChI is InChI=1S/C56H70N4/c1-29-30(2)44-28-46-32(4)34(6)50(59-46)48(38-23-41(55(15,16)17)26-42(24-38)56(18,19)20)52-36(8)35(7)51(60-52)47(49-33(5)31(3)45(58-49)27-43(29)57-44)37-21-39(53(9,10)11)25-40(22-37)54(12,13)14/h21-28,57-58H,1-20H3. The summed E-state index contributed by atoms with van der Waals surface area (Å²) >= 11 is 0. The van der Waals surface area contributed by atoms with E-state index in [0.717, 1.165) is 61.5 Å². The van der Waals surface area contributed by atoms with Crippen molar-refractivity contribution in [2.45, 2.75) is 160 Å². The molecule has 0 fully saturated rings. The molecule has 3 aromatic heterocycles. The summed E-state index contributed by atoms with van der Waals surface area (Å²) in [5, 5.41) is 0. The molecule has 0 spiro atoms. The van der Waals surface area contributed by atoms with Crippen LogP contribution in [-0.2, 0) is 21.7 Å². The lowest BCUT2D eigenvalue weighted by Gasteiger charge is -2.26. The maximum Gasteiger partial charge on any atom is 0.0770 e. The molecule has 0 atom stereocenters. The Bertz CT molecular complexity index is 2790. The molecular formula is C56H70N4. The van der Waals surface area contributed by atoms with Gasteiger partial charge in [-0.15, -0.1) is 0 Å². The second-order valence-corrected chi connectivity index (χ2v) is 22.2. The van der Waals surface area contributed by atoms with Crippen LogP contribution < -0.4 is 0 Å². The number of H-pyrrole nitrogens is 2. The third kappa shape index (κ3) is 7.43. The molecule has 0 saturated carbocycles. The molecule has 0 aliphatic carbocycles. The Kier molecular flexibility index (Phi) is 10.3. The first kappa shape index (κ1) is 43.1. The zero-order chi connectivity index (χ0) is 44.3. The third-order valence-corrected chi connectivity index (χ3v) is 13.7. The Morgan fingerprint density at radius 2 is 0.700 bits per heavy atom. The van der Waals surface area contributed by atoms with E-state index >= 15 is 0 Å². The molecule has 4 nitrogen and oxygen atoms in total. The summed E-state index contributed by atoms with van der Waals surface area (Å²) in [7, 11) is 0. The summed E-state index contributed by atoms with van der Waals surface area (Å²) in [4.78, 5) is 19.4. The summed E-state index contributed by atoms with van der Waals surface area (Å²) in [6, 6.07) is 19.1. The van der Waals surface area contributed by atoms with Gasteiger partial charge in [-0.3, -0.25) is 0 Å². The van der Waals surface area contributed by atoms with Crippen LogP contribution >= 0.6 is 0 Å². The highest BCUT2D eigenvalue weighted by Crippen LogP contribution is 2.47. The lowest BCUT2D eigenvalue weighted by molar-refractivity contribution is 0.568. The number of fused-ring (bicyclic) bond motifs is 8. The first-order valence-electron chi connectivity index (χ1n) is 22.0. The zero-order valence-corrected chi connectivity index (χ0v) is 40.5. The largest absolute Gasteiger partial charge is 0.355 e. The van der Waals surface area contributed by atoms with Gasteiger partial charge >= 0.3 is 0 Å². The van der Waals surface area contributed by atoms with Crippen LogP contribution in [0, 0.1) is 27.7 Å². The minimum atomic E-state index is -0.0595. The van der Waals surface area contributed by atoms with Crippen LogP contribution in [0.3, 0.4) is 0 Å². The topological polar surface area (TPSA) is 57.4 Å². The van der Waals surface area contributed by atoms with Gasteiger partial charge < -0.3 is 9.97 Å². The summed E-state index contributed by atoms with van der Waals surface area (Å²) in [5.74, 6) is 0. The summed E-state index contributed by atoms with van der Waals surface area (Å²) in [6.07, 6.45) is 0. The van der Waals surface area contributed by atoms with Crippen LogP contribution in [0.4, 0.5) is 0 Å². The average molecular weight is 799 g/mol. The van der Waals surface area contributed by atoms with Crippen LogP contribution in [0.25, 0.3) is 66.6 Å². The van der Waals surface area contributed by atoms with Crippen molar-refractivity contribution in [3.63, 3.8) is 0 Å². The number of benzene rings is 2. The Balaban J connectivity index is 1.81. The molecule has 0 saturated heterocycles. The molecule has 0 radical (unpaired) electrons. The molecule has 2 aliphatic rings. The quantitative estimate of drug-likeness (QED) is 0.187. The zero-order valence-electron chi connectivity index (χ0n) is 40.5. The molecule has 0 unspecified atom stereocenters. The Morgan fingerprint density at radius 3 is 1.15 bits per heavy atom. The highest BCUT2D eigenvalue weighted by Gasteiger charge is 2.30. The number of aryl methyl sites for hydroxylation is 4. The van der Waals surface area contributed by atoms with Crippen molar-refractivity contribution in [1.29, 1.82) is 0 Å². The number of hydrogen-bond acceptors (Lipinski definition) is 2. The van der Waals surface area contributed by atoms with E-state index in [9.17, 15) is 0 Å². The van der Waals surface area contributed by atoms with Crippen LogP contribution in [0.5, 0.6) is 0 Å². The van der Waals surface area contributed by atoms with Crippen LogP contribution in [-0.4, -0.2) is 19.9 Å². The van der Waals surface area contributed by atoms with Crippen molar-refractivity contribution >= 4 is 44.4 Å². The van der Waals surface area contributed by atoms with Crippen LogP contribution in [0.1, 0.15) is 178 Å². The van der Waals surface area contributed by atoms with E-state index in [0.29, 0.717) is 0 Å². The van der Waals surface area contributed by atoms with Crippen molar-refractivity contribution in [2.24, 2.45) is 0 Å².